The van der Waals surface area contributed by atoms with Gasteiger partial charge in [-0.15, -0.1) is 0 Å². The summed E-state index contributed by atoms with van der Waals surface area (Å²) in [5.74, 6) is -1.24. The SMILES string of the molecule is CCN(CC)c1ccc(CN(Cc2ccco2)C(=O)c2ccccc2F)c(OS(=O)(=O)c2cccc(C(F)(F)F)c2)c1. The molecular formula is C30H28F4N2O5S. The number of hydrogen-bond acceptors (Lipinski definition) is 6. The topological polar surface area (TPSA) is 80.1 Å². The summed E-state index contributed by atoms with van der Waals surface area (Å²) in [4.78, 5) is 16.0. The van der Waals surface area contributed by atoms with Crippen molar-refractivity contribution in [1.82, 2.24) is 4.90 Å². The maximum atomic E-state index is 14.6. The Morgan fingerprint density at radius 2 is 1.64 bits per heavy atom. The Balaban J connectivity index is 1.77. The number of nitrogens with zero attached hydrogens (tertiary/aromatic N) is 2. The van der Waals surface area contributed by atoms with Gasteiger partial charge < -0.3 is 18.4 Å². The molecule has 0 aliphatic carbocycles. The molecule has 0 aliphatic rings. The van der Waals surface area contributed by atoms with Gasteiger partial charge in [-0.05, 0) is 62.4 Å². The molecule has 7 nitrogen and oxygen atoms in total. The van der Waals surface area contributed by atoms with Gasteiger partial charge in [0.15, 0.2) is 0 Å². The molecule has 0 bridgehead atoms. The Labute approximate surface area is 241 Å². The predicted molar refractivity (Wildman–Crippen MR) is 148 cm³/mol. The first-order valence-corrected chi connectivity index (χ1v) is 14.4. The van der Waals surface area contributed by atoms with E-state index < -0.39 is 38.5 Å². The lowest BCUT2D eigenvalue weighted by atomic mass is 10.1. The van der Waals surface area contributed by atoms with Crippen molar-refractivity contribution >= 4 is 21.7 Å². The van der Waals surface area contributed by atoms with E-state index in [0.717, 1.165) is 24.3 Å². The van der Waals surface area contributed by atoms with E-state index in [9.17, 15) is 30.8 Å². The number of benzene rings is 3. The van der Waals surface area contributed by atoms with E-state index in [1.807, 2.05) is 18.7 Å². The van der Waals surface area contributed by atoms with Gasteiger partial charge in [-0.2, -0.15) is 21.6 Å². The minimum atomic E-state index is -4.77. The number of carbonyl (C=O) groups excluding carboxylic acids is 1. The molecular weight excluding hydrogens is 576 g/mol. The van der Waals surface area contributed by atoms with Gasteiger partial charge in [0, 0.05) is 30.4 Å². The van der Waals surface area contributed by atoms with Crippen molar-refractivity contribution in [2.75, 3.05) is 18.0 Å². The molecule has 0 saturated heterocycles. The quantitative estimate of drug-likeness (QED) is 0.137. The first-order valence-electron chi connectivity index (χ1n) is 13.0. The molecule has 0 atom stereocenters. The fourth-order valence-corrected chi connectivity index (χ4v) is 5.34. The van der Waals surface area contributed by atoms with Crippen LogP contribution in [0.25, 0.3) is 0 Å². The summed E-state index contributed by atoms with van der Waals surface area (Å²) in [6.07, 6.45) is -3.35. The summed E-state index contributed by atoms with van der Waals surface area (Å²) < 4.78 is 91.8. The summed E-state index contributed by atoms with van der Waals surface area (Å²) in [6, 6.07) is 16.6. The van der Waals surface area contributed by atoms with E-state index in [1.54, 1.807) is 24.3 Å². The van der Waals surface area contributed by atoms with Crippen molar-refractivity contribution in [1.29, 1.82) is 0 Å². The summed E-state index contributed by atoms with van der Waals surface area (Å²) >= 11 is 0. The van der Waals surface area contributed by atoms with Gasteiger partial charge in [-0.25, -0.2) is 4.39 Å². The monoisotopic (exact) mass is 604 g/mol. The fourth-order valence-electron chi connectivity index (χ4n) is 4.33. The highest BCUT2D eigenvalue weighted by atomic mass is 32.2. The van der Waals surface area contributed by atoms with Crippen LogP contribution in [0.3, 0.4) is 0 Å². The predicted octanol–water partition coefficient (Wildman–Crippen LogP) is 6.89. The van der Waals surface area contributed by atoms with Crippen LogP contribution in [0.1, 0.15) is 41.1 Å². The maximum absolute atomic E-state index is 14.6. The Morgan fingerprint density at radius 1 is 0.905 bits per heavy atom. The Morgan fingerprint density at radius 3 is 2.29 bits per heavy atom. The van der Waals surface area contributed by atoms with Gasteiger partial charge in [0.05, 0.1) is 30.5 Å². The third-order valence-corrected chi connectivity index (χ3v) is 7.74. The number of anilines is 1. The van der Waals surface area contributed by atoms with Crippen molar-refractivity contribution in [2.24, 2.45) is 0 Å². The Bertz CT molecular complexity index is 1640. The van der Waals surface area contributed by atoms with Gasteiger partial charge in [0.1, 0.15) is 22.2 Å². The third kappa shape index (κ3) is 7.11. The molecule has 0 aliphatic heterocycles. The normalized spacial score (nSPS) is 11.8. The molecule has 1 aromatic heterocycles. The van der Waals surface area contributed by atoms with Crippen molar-refractivity contribution in [3.05, 3.63) is 113 Å². The number of furan rings is 1. The van der Waals surface area contributed by atoms with Crippen LogP contribution >= 0.6 is 0 Å². The molecule has 0 N–H and O–H groups in total. The van der Waals surface area contributed by atoms with Crippen molar-refractivity contribution in [3.63, 3.8) is 0 Å². The second-order valence-corrected chi connectivity index (χ2v) is 10.8. The molecule has 0 spiro atoms. The molecule has 42 heavy (non-hydrogen) atoms. The lowest BCUT2D eigenvalue weighted by Crippen LogP contribution is -2.31. The zero-order valence-corrected chi connectivity index (χ0v) is 23.6. The molecule has 1 heterocycles. The molecule has 0 radical (unpaired) electrons. The molecule has 222 valence electrons. The van der Waals surface area contributed by atoms with Crippen LogP contribution in [0.2, 0.25) is 0 Å². The van der Waals surface area contributed by atoms with E-state index in [4.69, 9.17) is 8.60 Å². The van der Waals surface area contributed by atoms with E-state index in [1.165, 1.54) is 35.4 Å². The molecule has 4 rings (SSSR count). The summed E-state index contributed by atoms with van der Waals surface area (Å²) in [7, 11) is -4.74. The van der Waals surface area contributed by atoms with Gasteiger partial charge >= 0.3 is 16.3 Å². The number of hydrogen-bond donors (Lipinski definition) is 0. The van der Waals surface area contributed by atoms with Gasteiger partial charge in [0.2, 0.25) is 0 Å². The molecule has 0 saturated carbocycles. The molecule has 1 amide bonds. The van der Waals surface area contributed by atoms with Crippen LogP contribution in [-0.4, -0.2) is 32.3 Å². The van der Waals surface area contributed by atoms with Crippen LogP contribution in [-0.2, 0) is 29.4 Å². The van der Waals surface area contributed by atoms with Gasteiger partial charge in [-0.3, -0.25) is 4.79 Å². The van der Waals surface area contributed by atoms with Crippen LogP contribution < -0.4 is 9.08 Å². The summed E-state index contributed by atoms with van der Waals surface area (Å²) in [5, 5.41) is 0. The zero-order valence-electron chi connectivity index (χ0n) is 22.8. The number of amides is 1. The zero-order chi connectivity index (χ0) is 30.5. The van der Waals surface area contributed by atoms with Crippen molar-refractivity contribution in [3.8, 4) is 5.75 Å². The average Bonchev–Trinajstić information content (AvgIpc) is 3.47. The summed E-state index contributed by atoms with van der Waals surface area (Å²) in [5.41, 5.74) is -0.541. The number of alkyl halides is 3. The molecule has 12 heteroatoms. The highest BCUT2D eigenvalue weighted by molar-refractivity contribution is 7.87. The van der Waals surface area contributed by atoms with Crippen molar-refractivity contribution < 1.29 is 39.4 Å². The first-order chi connectivity index (χ1) is 19.9. The van der Waals surface area contributed by atoms with Crippen LogP contribution in [0.15, 0.2) is 94.4 Å². The third-order valence-electron chi connectivity index (χ3n) is 6.51. The van der Waals surface area contributed by atoms with Gasteiger partial charge in [0.25, 0.3) is 5.91 Å². The second kappa shape index (κ2) is 12.7. The highest BCUT2D eigenvalue weighted by Gasteiger charge is 2.32. The highest BCUT2D eigenvalue weighted by Crippen LogP contribution is 2.33. The smallest absolute Gasteiger partial charge is 0.416 e. The Kier molecular flexibility index (Phi) is 9.25. The van der Waals surface area contributed by atoms with Gasteiger partial charge in [-0.1, -0.05) is 24.3 Å². The molecule has 0 fully saturated rings. The van der Waals surface area contributed by atoms with E-state index >= 15 is 0 Å². The van der Waals surface area contributed by atoms with Crippen molar-refractivity contribution in [2.45, 2.75) is 38.0 Å². The van der Waals surface area contributed by atoms with Crippen LogP contribution in [0, 0.1) is 5.82 Å². The maximum Gasteiger partial charge on any atom is 0.416 e. The van der Waals surface area contributed by atoms with Crippen LogP contribution in [0.4, 0.5) is 23.2 Å². The standard InChI is InChI=1S/C30H28F4N2O5S/c1-3-35(4-2)23-15-14-21(28(18-23)41-42(38,39)25-11-7-9-22(17-25)30(32,33)34)19-36(20-24-10-8-16-40-24)29(37)26-12-5-6-13-27(26)31/h5-18H,3-4,19-20H2,1-2H3. The number of carbonyl (C=O) groups is 1. The first kappa shape index (κ1) is 30.6. The van der Waals surface area contributed by atoms with E-state index in [-0.39, 0.29) is 30.0 Å². The lowest BCUT2D eigenvalue weighted by molar-refractivity contribution is -0.137. The minimum Gasteiger partial charge on any atom is -0.467 e. The lowest BCUT2D eigenvalue weighted by Gasteiger charge is -2.26. The van der Waals surface area contributed by atoms with Crippen LogP contribution in [0.5, 0.6) is 5.75 Å². The second-order valence-electron chi connectivity index (χ2n) is 9.25. The number of halogens is 4. The molecule has 0 unspecified atom stereocenters. The Hall–Kier alpha value is -4.32. The summed E-state index contributed by atoms with van der Waals surface area (Å²) in [6.45, 7) is 4.63. The molecule has 3 aromatic carbocycles. The largest absolute Gasteiger partial charge is 0.467 e. The number of rotatable bonds is 11. The minimum absolute atomic E-state index is 0.0855. The fraction of sp³-hybridized carbons (Fsp3) is 0.233. The van der Waals surface area contributed by atoms with E-state index in [0.29, 0.717) is 30.6 Å². The average molecular weight is 605 g/mol. The molecule has 4 aromatic rings. The van der Waals surface area contributed by atoms with E-state index in [2.05, 4.69) is 0 Å².